The van der Waals surface area contributed by atoms with Gasteiger partial charge in [-0.05, 0) is 47.1 Å². The van der Waals surface area contributed by atoms with Crippen LogP contribution in [0.2, 0.25) is 0 Å². The molecule has 0 aliphatic heterocycles. The van der Waals surface area contributed by atoms with Gasteiger partial charge in [-0.1, -0.05) is 19.0 Å². The Balaban J connectivity index is 3.83. The van der Waals surface area contributed by atoms with Crippen molar-refractivity contribution in [2.45, 2.75) is 66.5 Å². The summed E-state index contributed by atoms with van der Waals surface area (Å²) < 4.78 is 0. The highest BCUT2D eigenvalue weighted by molar-refractivity contribution is 5.85. The van der Waals surface area contributed by atoms with E-state index in [4.69, 9.17) is 10.9 Å². The Morgan fingerprint density at radius 2 is 1.75 bits per heavy atom. The van der Waals surface area contributed by atoms with Crippen molar-refractivity contribution >= 4 is 5.84 Å². The normalized spacial score (nSPS) is 13.8. The molecule has 0 aliphatic rings. The zero-order valence-corrected chi connectivity index (χ0v) is 14.1. The lowest BCUT2D eigenvalue weighted by Gasteiger charge is -2.30. The Morgan fingerprint density at radius 1 is 1.20 bits per heavy atom. The molecule has 0 radical (unpaired) electrons. The molecule has 0 spiro atoms. The van der Waals surface area contributed by atoms with E-state index in [9.17, 15) is 0 Å². The van der Waals surface area contributed by atoms with E-state index in [2.05, 4.69) is 43.1 Å². The van der Waals surface area contributed by atoms with E-state index in [1.165, 1.54) is 0 Å². The average Bonchev–Trinajstić information content (AvgIpc) is 2.35. The molecule has 0 aromatic carbocycles. The Labute approximate surface area is 124 Å². The number of oxime groups is 1. The lowest BCUT2D eigenvalue weighted by molar-refractivity contribution is 0.176. The fraction of sp³-hybridized carbons (Fsp3) is 0.933. The van der Waals surface area contributed by atoms with Crippen molar-refractivity contribution in [3.05, 3.63) is 0 Å². The number of rotatable bonds is 10. The van der Waals surface area contributed by atoms with E-state index >= 15 is 0 Å². The van der Waals surface area contributed by atoms with Crippen molar-refractivity contribution in [2.24, 2.45) is 16.3 Å². The summed E-state index contributed by atoms with van der Waals surface area (Å²) in [6.07, 6.45) is 1.93. The third-order valence-electron chi connectivity index (χ3n) is 3.83. The first-order chi connectivity index (χ1) is 9.22. The smallest absolute Gasteiger partial charge is 0.144 e. The molecule has 4 N–H and O–H groups in total. The molecular formula is C15H34N4O. The summed E-state index contributed by atoms with van der Waals surface area (Å²) in [4.78, 5) is 2.48. The monoisotopic (exact) mass is 286 g/mol. The van der Waals surface area contributed by atoms with Crippen LogP contribution in [0, 0.1) is 5.41 Å². The fourth-order valence-electron chi connectivity index (χ4n) is 2.36. The second-order valence-electron chi connectivity index (χ2n) is 6.65. The second-order valence-corrected chi connectivity index (χ2v) is 6.65. The highest BCUT2D eigenvalue weighted by Crippen LogP contribution is 2.21. The van der Waals surface area contributed by atoms with Crippen LogP contribution in [0.25, 0.3) is 0 Å². The maximum absolute atomic E-state index is 8.72. The Bertz CT molecular complexity index is 280. The van der Waals surface area contributed by atoms with Crippen LogP contribution in [-0.4, -0.2) is 47.7 Å². The highest BCUT2D eigenvalue weighted by Gasteiger charge is 2.22. The highest BCUT2D eigenvalue weighted by atomic mass is 16.4. The maximum atomic E-state index is 8.72. The molecule has 0 aliphatic carbocycles. The van der Waals surface area contributed by atoms with Gasteiger partial charge < -0.3 is 16.3 Å². The van der Waals surface area contributed by atoms with Crippen LogP contribution in [0.15, 0.2) is 5.16 Å². The first-order valence-electron chi connectivity index (χ1n) is 7.66. The van der Waals surface area contributed by atoms with Gasteiger partial charge in [0.25, 0.3) is 0 Å². The molecule has 0 aromatic rings. The molecule has 120 valence electrons. The summed E-state index contributed by atoms with van der Waals surface area (Å²) >= 11 is 0. The van der Waals surface area contributed by atoms with Gasteiger partial charge in [-0.25, -0.2) is 0 Å². The largest absolute Gasteiger partial charge is 0.409 e. The molecule has 0 saturated heterocycles. The van der Waals surface area contributed by atoms with Gasteiger partial charge in [0.1, 0.15) is 5.84 Å². The molecule has 0 unspecified atom stereocenters. The van der Waals surface area contributed by atoms with Gasteiger partial charge in [-0.3, -0.25) is 4.90 Å². The molecule has 5 nitrogen and oxygen atoms in total. The van der Waals surface area contributed by atoms with Crippen LogP contribution in [0.3, 0.4) is 0 Å². The minimum absolute atomic E-state index is 0.238. The molecule has 0 bridgehead atoms. The number of amidine groups is 1. The molecule has 5 heteroatoms. The number of hydrogen-bond acceptors (Lipinski definition) is 4. The van der Waals surface area contributed by atoms with E-state index < -0.39 is 0 Å². The summed E-state index contributed by atoms with van der Waals surface area (Å²) in [5.74, 6) is 0.309. The predicted molar refractivity (Wildman–Crippen MR) is 86.3 cm³/mol. The van der Waals surface area contributed by atoms with E-state index in [0.29, 0.717) is 17.9 Å². The second kappa shape index (κ2) is 9.19. The Kier molecular flexibility index (Phi) is 8.81. The van der Waals surface area contributed by atoms with Crippen molar-refractivity contribution in [1.29, 1.82) is 0 Å². The zero-order chi connectivity index (χ0) is 15.8. The van der Waals surface area contributed by atoms with Crippen molar-refractivity contribution in [3.63, 3.8) is 0 Å². The van der Waals surface area contributed by atoms with Crippen molar-refractivity contribution < 1.29 is 5.21 Å². The zero-order valence-electron chi connectivity index (χ0n) is 14.1. The van der Waals surface area contributed by atoms with E-state index in [1.54, 1.807) is 0 Å². The molecule has 20 heavy (non-hydrogen) atoms. The third kappa shape index (κ3) is 7.10. The number of hydrogen-bond donors (Lipinski definition) is 3. The molecular weight excluding hydrogens is 252 g/mol. The molecule has 0 amide bonds. The summed E-state index contributed by atoms with van der Waals surface area (Å²) in [5, 5.41) is 15.3. The Hall–Kier alpha value is -0.810. The van der Waals surface area contributed by atoms with Crippen LogP contribution >= 0.6 is 0 Å². The lowest BCUT2D eigenvalue weighted by atomic mass is 9.86. The summed E-state index contributed by atoms with van der Waals surface area (Å²) in [6, 6.07) is 1.16. The number of nitrogens with zero attached hydrogens (tertiary/aromatic N) is 2. The summed E-state index contributed by atoms with van der Waals surface area (Å²) in [7, 11) is 0. The van der Waals surface area contributed by atoms with Gasteiger partial charge in [0.05, 0.1) is 0 Å². The van der Waals surface area contributed by atoms with E-state index in [1.807, 2.05) is 13.8 Å². The van der Waals surface area contributed by atoms with Crippen molar-refractivity contribution in [2.75, 3.05) is 19.6 Å². The van der Waals surface area contributed by atoms with Gasteiger partial charge in [-0.15, -0.1) is 0 Å². The molecule has 0 saturated carbocycles. The summed E-state index contributed by atoms with van der Waals surface area (Å²) in [6.45, 7) is 16.0. The Morgan fingerprint density at radius 3 is 2.20 bits per heavy atom. The predicted octanol–water partition coefficient (Wildman–Crippen LogP) is 2.25. The van der Waals surface area contributed by atoms with Crippen LogP contribution < -0.4 is 11.1 Å². The minimum Gasteiger partial charge on any atom is -0.409 e. The van der Waals surface area contributed by atoms with Gasteiger partial charge >= 0.3 is 0 Å². The van der Waals surface area contributed by atoms with Crippen LogP contribution in [0.5, 0.6) is 0 Å². The third-order valence-corrected chi connectivity index (χ3v) is 3.83. The SMILES string of the molecule is CC(C)N(CCNCCCC(C)(C)C(N)=NO)C(C)C. The average molecular weight is 286 g/mol. The van der Waals surface area contributed by atoms with Crippen LogP contribution in [0.4, 0.5) is 0 Å². The maximum Gasteiger partial charge on any atom is 0.144 e. The van der Waals surface area contributed by atoms with Crippen molar-refractivity contribution in [1.82, 2.24) is 10.2 Å². The molecule has 0 atom stereocenters. The van der Waals surface area contributed by atoms with Crippen molar-refractivity contribution in [3.8, 4) is 0 Å². The summed E-state index contributed by atoms with van der Waals surface area (Å²) in [5.41, 5.74) is 5.43. The van der Waals surface area contributed by atoms with E-state index in [0.717, 1.165) is 32.5 Å². The van der Waals surface area contributed by atoms with Gasteiger partial charge in [0.2, 0.25) is 0 Å². The molecule has 0 aromatic heterocycles. The topological polar surface area (TPSA) is 73.9 Å². The quantitative estimate of drug-likeness (QED) is 0.189. The molecule has 0 fully saturated rings. The van der Waals surface area contributed by atoms with Gasteiger partial charge in [-0.2, -0.15) is 0 Å². The number of nitrogens with two attached hydrogens (primary N) is 1. The van der Waals surface area contributed by atoms with Gasteiger partial charge in [0.15, 0.2) is 0 Å². The van der Waals surface area contributed by atoms with Gasteiger partial charge in [0, 0.05) is 30.6 Å². The minimum atomic E-state index is -0.238. The first kappa shape index (κ1) is 19.2. The fourth-order valence-corrected chi connectivity index (χ4v) is 2.36. The first-order valence-corrected chi connectivity index (χ1v) is 7.66. The number of nitrogens with one attached hydrogen (secondary N) is 1. The van der Waals surface area contributed by atoms with E-state index in [-0.39, 0.29) is 5.41 Å². The molecule has 0 rings (SSSR count). The lowest BCUT2D eigenvalue weighted by Crippen LogP contribution is -2.41. The van der Waals surface area contributed by atoms with Crippen LogP contribution in [-0.2, 0) is 0 Å². The standard InChI is InChI=1S/C15H34N4O/c1-12(2)19(13(3)4)11-10-17-9-7-8-15(5,6)14(16)18-20/h12-13,17,20H,7-11H2,1-6H3,(H2,16,18). The molecule has 0 heterocycles. The van der Waals surface area contributed by atoms with Crippen LogP contribution in [0.1, 0.15) is 54.4 Å².